The third kappa shape index (κ3) is 8.37. The lowest BCUT2D eigenvalue weighted by Crippen LogP contribution is -2.49. The summed E-state index contributed by atoms with van der Waals surface area (Å²) in [6.45, 7) is -1.87. The van der Waals surface area contributed by atoms with Crippen LogP contribution in [0.25, 0.3) is 0 Å². The molecule has 11 nitrogen and oxygen atoms in total. The van der Waals surface area contributed by atoms with Crippen LogP contribution in [0.15, 0.2) is 60.7 Å². The van der Waals surface area contributed by atoms with Crippen molar-refractivity contribution in [2.24, 2.45) is 10.8 Å². The topological polar surface area (TPSA) is 102 Å². The Morgan fingerprint density at radius 2 is 0.907 bits per heavy atom. The van der Waals surface area contributed by atoms with Crippen molar-refractivity contribution in [3.63, 3.8) is 0 Å². The molecule has 0 spiro atoms. The van der Waals surface area contributed by atoms with Crippen molar-refractivity contribution in [2.75, 3.05) is 79.3 Å². The van der Waals surface area contributed by atoms with Crippen molar-refractivity contribution in [1.82, 2.24) is 0 Å². The van der Waals surface area contributed by atoms with Gasteiger partial charge in [0.1, 0.15) is 0 Å². The molecule has 0 bridgehead atoms. The van der Waals surface area contributed by atoms with E-state index in [4.69, 9.17) is 74.4 Å². The Morgan fingerprint density at radius 1 is 0.558 bits per heavy atom. The molecule has 4 aliphatic heterocycles. The van der Waals surface area contributed by atoms with Crippen LogP contribution in [0.2, 0.25) is 0 Å². The van der Waals surface area contributed by atoms with Crippen LogP contribution < -0.4 is 0 Å². The molecule has 0 radical (unpaired) electrons. The lowest BCUT2D eigenvalue weighted by atomic mass is 9.89. The highest BCUT2D eigenvalue weighted by molar-refractivity contribution is 8.08. The molecule has 4 aliphatic rings. The second kappa shape index (κ2) is 14.4. The zero-order valence-electron chi connectivity index (χ0n) is 23.6. The SMILES string of the molecule is S=P1(OCC2(COCC3(COP4(=S)OCCO4)COC(c4ccccc4)OC3)COC(c3ccccc3)OC2)OCCO1. The van der Waals surface area contributed by atoms with Crippen molar-refractivity contribution in [2.45, 2.75) is 12.6 Å². The predicted molar refractivity (Wildman–Crippen MR) is 162 cm³/mol. The smallest absolute Gasteiger partial charge is 0.327 e. The average Bonchev–Trinajstić information content (AvgIpc) is 3.70. The fourth-order valence-electron chi connectivity index (χ4n) is 4.95. The van der Waals surface area contributed by atoms with E-state index in [1.54, 1.807) is 0 Å². The molecule has 4 heterocycles. The van der Waals surface area contributed by atoms with Crippen LogP contribution in [0.3, 0.4) is 0 Å². The molecular formula is C28H36O11P2S2. The van der Waals surface area contributed by atoms with Gasteiger partial charge in [-0.1, -0.05) is 60.7 Å². The minimum absolute atomic E-state index is 0.181. The first-order chi connectivity index (χ1) is 20.9. The maximum absolute atomic E-state index is 6.41. The third-order valence-corrected chi connectivity index (χ3v) is 12.1. The summed E-state index contributed by atoms with van der Waals surface area (Å²) in [5.74, 6) is 0. The van der Waals surface area contributed by atoms with Crippen LogP contribution >= 0.6 is 13.4 Å². The maximum atomic E-state index is 6.41. The van der Waals surface area contributed by atoms with Crippen molar-refractivity contribution >= 4 is 37.1 Å². The first-order valence-corrected chi connectivity index (χ1v) is 19.2. The molecule has 0 N–H and O–H groups in total. The third-order valence-electron chi connectivity index (χ3n) is 7.35. The molecule has 6 rings (SSSR count). The molecule has 2 aromatic carbocycles. The normalized spacial score (nSPS) is 32.1. The van der Waals surface area contributed by atoms with Crippen molar-refractivity contribution in [1.29, 1.82) is 0 Å². The van der Waals surface area contributed by atoms with E-state index in [0.29, 0.717) is 52.9 Å². The molecule has 4 fully saturated rings. The fourth-order valence-corrected chi connectivity index (χ4v) is 8.66. The van der Waals surface area contributed by atoms with Gasteiger partial charge in [0.2, 0.25) is 0 Å². The van der Waals surface area contributed by atoms with Gasteiger partial charge >= 0.3 is 13.4 Å². The molecule has 43 heavy (non-hydrogen) atoms. The maximum Gasteiger partial charge on any atom is 0.327 e. The molecular weight excluding hydrogens is 638 g/mol. The van der Waals surface area contributed by atoms with Gasteiger partial charge in [0.05, 0.1) is 90.1 Å². The molecule has 0 aliphatic carbocycles. The summed E-state index contributed by atoms with van der Waals surface area (Å²) >= 11 is 11.0. The van der Waals surface area contributed by atoms with Gasteiger partial charge < -0.3 is 50.8 Å². The van der Waals surface area contributed by atoms with Gasteiger partial charge in [-0.3, -0.25) is 0 Å². The van der Waals surface area contributed by atoms with Gasteiger partial charge in [0, 0.05) is 11.1 Å². The molecule has 0 amide bonds. The molecule has 2 aromatic rings. The minimum Gasteiger partial charge on any atom is -0.380 e. The molecule has 0 saturated carbocycles. The monoisotopic (exact) mass is 674 g/mol. The van der Waals surface area contributed by atoms with Gasteiger partial charge in [0.25, 0.3) is 0 Å². The van der Waals surface area contributed by atoms with E-state index in [1.165, 1.54) is 0 Å². The number of hydrogen-bond donors (Lipinski definition) is 0. The zero-order valence-corrected chi connectivity index (χ0v) is 27.0. The summed E-state index contributed by atoms with van der Waals surface area (Å²) in [4.78, 5) is 0. The van der Waals surface area contributed by atoms with Gasteiger partial charge in [0.15, 0.2) is 12.6 Å². The zero-order chi connectivity index (χ0) is 29.6. The minimum atomic E-state index is -2.82. The predicted octanol–water partition coefficient (Wildman–Crippen LogP) is 5.04. The number of rotatable bonds is 12. The molecule has 236 valence electrons. The van der Waals surface area contributed by atoms with Crippen LogP contribution in [0.1, 0.15) is 23.7 Å². The van der Waals surface area contributed by atoms with Crippen LogP contribution in [0.4, 0.5) is 0 Å². The van der Waals surface area contributed by atoms with E-state index >= 15 is 0 Å². The summed E-state index contributed by atoms with van der Waals surface area (Å²) in [7, 11) is 0. The standard InChI is InChI=1S/C28H36O11P2S2/c42-40(34-11-12-35-40)38-21-27(17-30-25(31-18-27)23-7-3-1-4-8-23)15-29-16-28(22-39-41(43)36-13-14-37-41)19-32-26(33-20-28)24-9-5-2-6-10-24/h1-10,25-26H,11-22H2. The van der Waals surface area contributed by atoms with Crippen molar-refractivity contribution in [3.8, 4) is 0 Å². The first kappa shape index (κ1) is 32.2. The molecule has 4 saturated heterocycles. The van der Waals surface area contributed by atoms with Crippen molar-refractivity contribution in [3.05, 3.63) is 71.8 Å². The van der Waals surface area contributed by atoms with Crippen molar-refractivity contribution < 1.29 is 50.8 Å². The van der Waals surface area contributed by atoms with E-state index in [2.05, 4.69) is 0 Å². The summed E-state index contributed by atoms with van der Waals surface area (Å²) in [5.41, 5.74) is 0.541. The lowest BCUT2D eigenvalue weighted by Gasteiger charge is -2.42. The Kier molecular flexibility index (Phi) is 10.8. The lowest BCUT2D eigenvalue weighted by molar-refractivity contribution is -0.265. The second-order valence-electron chi connectivity index (χ2n) is 11.0. The quantitative estimate of drug-likeness (QED) is 0.281. The Balaban J connectivity index is 1.12. The Labute approximate surface area is 261 Å². The van der Waals surface area contributed by atoms with Crippen LogP contribution in [-0.4, -0.2) is 79.3 Å². The number of benzene rings is 2. The molecule has 15 heteroatoms. The fraction of sp³-hybridized carbons (Fsp3) is 0.571. The summed E-state index contributed by atoms with van der Waals surface area (Å²) in [6.07, 6.45) is -0.983. The van der Waals surface area contributed by atoms with Gasteiger partial charge in [-0.15, -0.1) is 0 Å². The number of ether oxygens (including phenoxy) is 5. The van der Waals surface area contributed by atoms with Gasteiger partial charge in [-0.05, 0) is 23.6 Å². The van der Waals surface area contributed by atoms with Crippen LogP contribution in [0.5, 0.6) is 0 Å². The van der Waals surface area contributed by atoms with Crippen LogP contribution in [0, 0.1) is 10.8 Å². The van der Waals surface area contributed by atoms with Gasteiger partial charge in [-0.2, -0.15) is 0 Å². The summed E-state index contributed by atoms with van der Waals surface area (Å²) in [5, 5.41) is 0. The highest BCUT2D eigenvalue weighted by Gasteiger charge is 2.44. The highest BCUT2D eigenvalue weighted by Crippen LogP contribution is 2.55. The highest BCUT2D eigenvalue weighted by atomic mass is 32.5. The van der Waals surface area contributed by atoms with E-state index < -0.39 is 36.8 Å². The van der Waals surface area contributed by atoms with Gasteiger partial charge in [-0.25, -0.2) is 0 Å². The largest absolute Gasteiger partial charge is 0.380 e. The number of hydrogen-bond acceptors (Lipinski definition) is 13. The Hall–Kier alpha value is -0.700. The molecule has 0 unspecified atom stereocenters. The van der Waals surface area contributed by atoms with E-state index in [9.17, 15) is 0 Å². The molecule has 0 aromatic heterocycles. The van der Waals surface area contributed by atoms with E-state index in [-0.39, 0.29) is 26.4 Å². The van der Waals surface area contributed by atoms with E-state index in [1.807, 2.05) is 60.7 Å². The van der Waals surface area contributed by atoms with E-state index in [0.717, 1.165) is 11.1 Å². The first-order valence-electron chi connectivity index (χ1n) is 14.1. The second-order valence-corrected chi connectivity index (χ2v) is 17.0. The summed E-state index contributed by atoms with van der Waals surface area (Å²) in [6, 6.07) is 19.6. The van der Waals surface area contributed by atoms with Crippen LogP contribution in [-0.2, 0) is 74.4 Å². The summed E-state index contributed by atoms with van der Waals surface area (Å²) < 4.78 is 65.7. The Morgan fingerprint density at radius 3 is 1.26 bits per heavy atom. The molecule has 0 atom stereocenters. The Bertz CT molecular complexity index is 1150. The average molecular weight is 675 g/mol.